The van der Waals surface area contributed by atoms with E-state index in [1.165, 1.54) is 5.56 Å². The molecule has 0 spiro atoms. The van der Waals surface area contributed by atoms with Crippen molar-refractivity contribution in [3.63, 3.8) is 0 Å². The van der Waals surface area contributed by atoms with Gasteiger partial charge in [0.2, 0.25) is 5.91 Å². The fourth-order valence-corrected chi connectivity index (χ4v) is 3.14. The van der Waals surface area contributed by atoms with Crippen LogP contribution in [0.25, 0.3) is 0 Å². The van der Waals surface area contributed by atoms with E-state index in [1.54, 1.807) is 19.0 Å². The fourth-order valence-electron chi connectivity index (χ4n) is 3.02. The van der Waals surface area contributed by atoms with Gasteiger partial charge in [-0.3, -0.25) is 9.69 Å². The third kappa shape index (κ3) is 8.07. The van der Waals surface area contributed by atoms with Crippen LogP contribution < -0.4 is 10.6 Å². The van der Waals surface area contributed by atoms with E-state index in [2.05, 4.69) is 46.5 Å². The average Bonchev–Trinajstić information content (AvgIpc) is 2.66. The number of carbonyl (C=O) groups excluding carboxylic acids is 1. The molecule has 0 bridgehead atoms. The van der Waals surface area contributed by atoms with E-state index < -0.39 is 0 Å². The molecule has 6 nitrogen and oxygen atoms in total. The molecule has 0 saturated carbocycles. The number of carbonyl (C=O) groups is 1. The maximum atomic E-state index is 11.9. The predicted molar refractivity (Wildman–Crippen MR) is 117 cm³/mol. The van der Waals surface area contributed by atoms with Crippen LogP contribution >= 0.6 is 11.6 Å². The largest absolute Gasteiger partial charge is 0.356 e. The molecule has 0 atom stereocenters. The van der Waals surface area contributed by atoms with E-state index in [1.807, 2.05) is 12.1 Å². The summed E-state index contributed by atoms with van der Waals surface area (Å²) in [5.74, 6) is 1.25. The van der Waals surface area contributed by atoms with Crippen molar-refractivity contribution in [3.05, 3.63) is 34.9 Å². The van der Waals surface area contributed by atoms with Crippen molar-refractivity contribution in [1.82, 2.24) is 20.4 Å². The van der Waals surface area contributed by atoms with Gasteiger partial charge in [-0.2, -0.15) is 0 Å². The number of benzene rings is 1. The van der Waals surface area contributed by atoms with Crippen LogP contribution in [0.15, 0.2) is 29.3 Å². The van der Waals surface area contributed by atoms with Crippen LogP contribution in [0, 0.1) is 5.92 Å². The summed E-state index contributed by atoms with van der Waals surface area (Å²) < 4.78 is 0. The molecule has 0 unspecified atom stereocenters. The third-order valence-electron chi connectivity index (χ3n) is 4.80. The molecule has 0 aromatic heterocycles. The lowest BCUT2D eigenvalue weighted by molar-refractivity contribution is -0.127. The molecule has 1 fully saturated rings. The van der Waals surface area contributed by atoms with E-state index in [4.69, 9.17) is 11.6 Å². The number of rotatable bonds is 7. The number of aliphatic imine (C=N–C) groups is 1. The van der Waals surface area contributed by atoms with Gasteiger partial charge in [-0.15, -0.1) is 0 Å². The summed E-state index contributed by atoms with van der Waals surface area (Å²) in [5.41, 5.74) is 1.29. The van der Waals surface area contributed by atoms with Crippen molar-refractivity contribution in [2.45, 2.75) is 39.3 Å². The molecule has 28 heavy (non-hydrogen) atoms. The molecule has 7 heteroatoms. The van der Waals surface area contributed by atoms with Crippen molar-refractivity contribution >= 4 is 23.5 Å². The minimum Gasteiger partial charge on any atom is -0.356 e. The number of amides is 1. The van der Waals surface area contributed by atoms with E-state index in [0.29, 0.717) is 12.0 Å². The average molecular weight is 408 g/mol. The second kappa shape index (κ2) is 11.3. The maximum Gasteiger partial charge on any atom is 0.243 e. The minimum absolute atomic E-state index is 0.00318. The summed E-state index contributed by atoms with van der Waals surface area (Å²) in [6.07, 6.45) is 2.11. The van der Waals surface area contributed by atoms with Crippen LogP contribution in [-0.4, -0.2) is 68.0 Å². The highest BCUT2D eigenvalue weighted by Crippen LogP contribution is 2.16. The second-order valence-corrected chi connectivity index (χ2v) is 8.49. The summed E-state index contributed by atoms with van der Waals surface area (Å²) >= 11 is 5.97. The Morgan fingerprint density at radius 3 is 2.46 bits per heavy atom. The van der Waals surface area contributed by atoms with E-state index in [0.717, 1.165) is 50.0 Å². The number of guanidine groups is 1. The summed E-state index contributed by atoms with van der Waals surface area (Å²) in [6.45, 7) is 8.33. The van der Waals surface area contributed by atoms with Gasteiger partial charge in [0.1, 0.15) is 6.54 Å². The van der Waals surface area contributed by atoms with Crippen molar-refractivity contribution in [2.75, 3.05) is 40.3 Å². The Labute approximate surface area is 174 Å². The molecular formula is C21H34ClN5O. The van der Waals surface area contributed by atoms with E-state index >= 15 is 0 Å². The van der Waals surface area contributed by atoms with Gasteiger partial charge in [-0.1, -0.05) is 37.6 Å². The zero-order chi connectivity index (χ0) is 20.5. The normalized spacial score (nSPS) is 16.3. The molecule has 1 aromatic carbocycles. The second-order valence-electron chi connectivity index (χ2n) is 8.05. The van der Waals surface area contributed by atoms with Crippen LogP contribution in [0.2, 0.25) is 5.02 Å². The van der Waals surface area contributed by atoms with E-state index in [-0.39, 0.29) is 12.5 Å². The first-order valence-corrected chi connectivity index (χ1v) is 10.4. The Balaban J connectivity index is 1.84. The first-order chi connectivity index (χ1) is 13.3. The maximum absolute atomic E-state index is 11.9. The van der Waals surface area contributed by atoms with Crippen molar-refractivity contribution in [2.24, 2.45) is 10.9 Å². The number of nitrogens with zero attached hydrogens (tertiary/aromatic N) is 3. The fraction of sp³-hybridized carbons (Fsp3) is 0.619. The summed E-state index contributed by atoms with van der Waals surface area (Å²) in [6, 6.07) is 8.45. The highest BCUT2D eigenvalue weighted by atomic mass is 35.5. The zero-order valence-corrected chi connectivity index (χ0v) is 18.3. The topological polar surface area (TPSA) is 60.0 Å². The summed E-state index contributed by atoms with van der Waals surface area (Å²) in [4.78, 5) is 20.4. The van der Waals surface area contributed by atoms with Gasteiger partial charge < -0.3 is 15.5 Å². The first kappa shape index (κ1) is 22.5. The smallest absolute Gasteiger partial charge is 0.243 e. The lowest BCUT2D eigenvalue weighted by atomic mass is 10.0. The van der Waals surface area contributed by atoms with Crippen molar-refractivity contribution in [1.29, 1.82) is 0 Å². The highest BCUT2D eigenvalue weighted by molar-refractivity contribution is 6.30. The molecular weight excluding hydrogens is 374 g/mol. The molecule has 1 aromatic rings. The number of likely N-dealkylation sites (N-methyl/N-ethyl adjacent to an activating group) is 1. The Morgan fingerprint density at radius 2 is 1.89 bits per heavy atom. The molecule has 1 aliphatic rings. The lowest BCUT2D eigenvalue weighted by Gasteiger charge is -2.33. The quantitative estimate of drug-likeness (QED) is 0.538. The van der Waals surface area contributed by atoms with E-state index in [9.17, 15) is 4.79 Å². The van der Waals surface area contributed by atoms with Crippen LogP contribution in [0.4, 0.5) is 0 Å². The standard InChI is InChI=1S/C21H34ClN5O/c1-16(2)13-23-21(24-14-20(28)26(3)4)25-19-9-11-27(12-10-19)15-17-5-7-18(22)8-6-17/h5-8,16,19H,9-15H2,1-4H3,(H2,23,24,25). The van der Waals surface area contributed by atoms with Gasteiger partial charge in [0, 0.05) is 51.3 Å². The lowest BCUT2D eigenvalue weighted by Crippen LogP contribution is -2.49. The van der Waals surface area contributed by atoms with Gasteiger partial charge in [0.25, 0.3) is 0 Å². The van der Waals surface area contributed by atoms with Gasteiger partial charge in [-0.25, -0.2) is 4.99 Å². The monoisotopic (exact) mass is 407 g/mol. The van der Waals surface area contributed by atoms with Gasteiger partial charge in [-0.05, 0) is 36.5 Å². The van der Waals surface area contributed by atoms with Gasteiger partial charge >= 0.3 is 0 Å². The third-order valence-corrected chi connectivity index (χ3v) is 5.05. The molecule has 1 amide bonds. The Bertz CT molecular complexity index is 637. The number of hydrogen-bond acceptors (Lipinski definition) is 3. The highest BCUT2D eigenvalue weighted by Gasteiger charge is 2.20. The molecule has 0 radical (unpaired) electrons. The number of nitrogens with one attached hydrogen (secondary N) is 2. The number of hydrogen-bond donors (Lipinski definition) is 2. The van der Waals surface area contributed by atoms with Crippen molar-refractivity contribution < 1.29 is 4.79 Å². The Kier molecular flexibility index (Phi) is 9.06. The predicted octanol–water partition coefficient (Wildman–Crippen LogP) is 2.58. The van der Waals surface area contributed by atoms with Crippen LogP contribution in [0.1, 0.15) is 32.3 Å². The number of piperidine rings is 1. The summed E-state index contributed by atoms with van der Waals surface area (Å²) in [5, 5.41) is 7.66. The number of halogens is 1. The molecule has 156 valence electrons. The SMILES string of the molecule is CC(C)CNC(=NCC(=O)N(C)C)NC1CCN(Cc2ccc(Cl)cc2)CC1. The zero-order valence-electron chi connectivity index (χ0n) is 17.5. The van der Waals surface area contributed by atoms with Crippen LogP contribution in [-0.2, 0) is 11.3 Å². The van der Waals surface area contributed by atoms with Crippen molar-refractivity contribution in [3.8, 4) is 0 Å². The first-order valence-electron chi connectivity index (χ1n) is 10.0. The molecule has 1 heterocycles. The Hall–Kier alpha value is -1.79. The molecule has 0 aliphatic carbocycles. The summed E-state index contributed by atoms with van der Waals surface area (Å²) in [7, 11) is 3.51. The Morgan fingerprint density at radius 1 is 1.25 bits per heavy atom. The number of likely N-dealkylation sites (tertiary alicyclic amines) is 1. The molecule has 2 rings (SSSR count). The molecule has 2 N–H and O–H groups in total. The van der Waals surface area contributed by atoms with Crippen LogP contribution in [0.3, 0.4) is 0 Å². The van der Waals surface area contributed by atoms with Crippen LogP contribution in [0.5, 0.6) is 0 Å². The van der Waals surface area contributed by atoms with Gasteiger partial charge in [0.05, 0.1) is 0 Å². The van der Waals surface area contributed by atoms with Gasteiger partial charge in [0.15, 0.2) is 5.96 Å². The molecule has 1 saturated heterocycles. The minimum atomic E-state index is 0.00318. The molecule has 1 aliphatic heterocycles.